The summed E-state index contributed by atoms with van der Waals surface area (Å²) in [5.74, 6) is -0.342. The van der Waals surface area contributed by atoms with Gasteiger partial charge in [-0.05, 0) is 36.4 Å². The zero-order valence-electron chi connectivity index (χ0n) is 13.6. The molecule has 0 saturated carbocycles. The van der Waals surface area contributed by atoms with Crippen LogP contribution in [0.4, 0.5) is 5.69 Å². The predicted octanol–water partition coefficient (Wildman–Crippen LogP) is 1.82. The van der Waals surface area contributed by atoms with Gasteiger partial charge in [0.25, 0.3) is 5.56 Å². The van der Waals surface area contributed by atoms with E-state index in [2.05, 4.69) is 25.6 Å². The lowest BCUT2D eigenvalue weighted by Gasteiger charge is -2.08. The van der Waals surface area contributed by atoms with Crippen LogP contribution in [0.15, 0.2) is 65.8 Å². The van der Waals surface area contributed by atoms with Gasteiger partial charge in [-0.1, -0.05) is 0 Å². The van der Waals surface area contributed by atoms with Crippen molar-refractivity contribution in [1.29, 1.82) is 0 Å². The summed E-state index contributed by atoms with van der Waals surface area (Å²) in [5, 5.41) is 14.8. The van der Waals surface area contributed by atoms with E-state index in [0.29, 0.717) is 11.4 Å². The molecule has 0 aliphatic heterocycles. The first-order valence-corrected chi connectivity index (χ1v) is 7.90. The Hall–Kier alpha value is -3.81. The number of pyridine rings is 1. The average Bonchev–Trinajstić information content (AvgIpc) is 3.12. The normalized spacial score (nSPS) is 10.8. The van der Waals surface area contributed by atoms with Crippen molar-refractivity contribution < 1.29 is 4.79 Å². The first-order chi connectivity index (χ1) is 12.7. The first-order valence-electron chi connectivity index (χ1n) is 7.90. The quantitative estimate of drug-likeness (QED) is 0.586. The number of carbonyl (C=O) groups is 1. The fourth-order valence-corrected chi connectivity index (χ4v) is 2.59. The van der Waals surface area contributed by atoms with Gasteiger partial charge in [-0.15, -0.1) is 0 Å². The van der Waals surface area contributed by atoms with Gasteiger partial charge in [0.1, 0.15) is 6.54 Å². The molecule has 0 aliphatic rings. The Morgan fingerprint density at radius 3 is 2.81 bits per heavy atom. The van der Waals surface area contributed by atoms with Gasteiger partial charge in [0.2, 0.25) is 5.91 Å². The third-order valence-electron chi connectivity index (χ3n) is 3.86. The largest absolute Gasteiger partial charge is 0.324 e. The molecule has 0 fully saturated rings. The molecule has 1 amide bonds. The minimum Gasteiger partial charge on any atom is -0.324 e. The fourth-order valence-electron chi connectivity index (χ4n) is 2.59. The van der Waals surface area contributed by atoms with Crippen molar-refractivity contribution in [2.45, 2.75) is 6.54 Å². The lowest BCUT2D eigenvalue weighted by molar-refractivity contribution is -0.117. The second-order valence-corrected chi connectivity index (χ2v) is 5.67. The minimum atomic E-state index is -0.345. The number of hydrogen-bond donors (Lipinski definition) is 2. The highest BCUT2D eigenvalue weighted by Crippen LogP contribution is 2.16. The fraction of sp³-hybridized carbons (Fsp3) is 0.0556. The molecule has 8 nitrogen and oxygen atoms in total. The number of aromatic nitrogens is 5. The van der Waals surface area contributed by atoms with Crippen molar-refractivity contribution in [2.75, 3.05) is 5.32 Å². The number of hydrogen-bond acceptors (Lipinski definition) is 5. The number of aromatic amines is 1. The number of H-pyrrole nitrogens is 1. The summed E-state index contributed by atoms with van der Waals surface area (Å²) in [6.45, 7) is -0.182. The molecule has 0 saturated heterocycles. The minimum absolute atomic E-state index is 0.182. The van der Waals surface area contributed by atoms with Crippen LogP contribution < -0.4 is 10.9 Å². The monoisotopic (exact) mass is 346 g/mol. The molecule has 4 rings (SSSR count). The highest BCUT2D eigenvalue weighted by molar-refractivity contribution is 5.93. The van der Waals surface area contributed by atoms with Gasteiger partial charge < -0.3 is 5.32 Å². The van der Waals surface area contributed by atoms with Gasteiger partial charge in [0.05, 0.1) is 17.4 Å². The highest BCUT2D eigenvalue weighted by Gasteiger charge is 2.09. The molecule has 0 bridgehead atoms. The van der Waals surface area contributed by atoms with Crippen molar-refractivity contribution in [3.05, 3.63) is 71.4 Å². The summed E-state index contributed by atoms with van der Waals surface area (Å²) < 4.78 is 1.14. The Balaban J connectivity index is 1.54. The zero-order valence-corrected chi connectivity index (χ0v) is 13.6. The molecule has 0 aliphatic carbocycles. The van der Waals surface area contributed by atoms with Crippen LogP contribution in [-0.4, -0.2) is 30.9 Å². The van der Waals surface area contributed by atoms with E-state index in [1.54, 1.807) is 48.9 Å². The molecule has 8 heteroatoms. The molecule has 26 heavy (non-hydrogen) atoms. The smallest absolute Gasteiger partial charge is 0.267 e. The molecule has 3 heterocycles. The van der Waals surface area contributed by atoms with E-state index in [-0.39, 0.29) is 18.0 Å². The van der Waals surface area contributed by atoms with Crippen molar-refractivity contribution in [1.82, 2.24) is 25.0 Å². The van der Waals surface area contributed by atoms with E-state index in [9.17, 15) is 9.59 Å². The number of benzene rings is 1. The van der Waals surface area contributed by atoms with Crippen LogP contribution in [0.25, 0.3) is 22.2 Å². The van der Waals surface area contributed by atoms with E-state index >= 15 is 0 Å². The maximum absolute atomic E-state index is 12.3. The summed E-state index contributed by atoms with van der Waals surface area (Å²) in [4.78, 5) is 28.3. The van der Waals surface area contributed by atoms with E-state index in [4.69, 9.17) is 0 Å². The molecule has 0 spiro atoms. The molecular weight excluding hydrogens is 332 g/mol. The van der Waals surface area contributed by atoms with Gasteiger partial charge in [-0.3, -0.25) is 19.7 Å². The molecule has 0 atom stereocenters. The predicted molar refractivity (Wildman–Crippen MR) is 96.5 cm³/mol. The van der Waals surface area contributed by atoms with Gasteiger partial charge in [0, 0.05) is 35.1 Å². The van der Waals surface area contributed by atoms with Gasteiger partial charge >= 0.3 is 0 Å². The number of carbonyl (C=O) groups excluding carboxylic acids is 1. The summed E-state index contributed by atoms with van der Waals surface area (Å²) in [6.07, 6.45) is 4.99. The molecule has 4 aromatic rings. The van der Waals surface area contributed by atoms with Crippen LogP contribution in [0.2, 0.25) is 0 Å². The van der Waals surface area contributed by atoms with Crippen molar-refractivity contribution in [2.24, 2.45) is 0 Å². The lowest BCUT2D eigenvalue weighted by atomic mass is 10.2. The Morgan fingerprint density at radius 2 is 1.96 bits per heavy atom. The van der Waals surface area contributed by atoms with Crippen molar-refractivity contribution >= 4 is 22.5 Å². The number of nitrogens with one attached hydrogen (secondary N) is 2. The summed E-state index contributed by atoms with van der Waals surface area (Å²) in [5.41, 5.74) is 2.50. The lowest BCUT2D eigenvalue weighted by Crippen LogP contribution is -2.29. The second-order valence-electron chi connectivity index (χ2n) is 5.67. The number of fused-ring (bicyclic) bond motifs is 1. The van der Waals surface area contributed by atoms with E-state index in [1.165, 1.54) is 6.07 Å². The molecule has 128 valence electrons. The van der Waals surface area contributed by atoms with Crippen LogP contribution in [0, 0.1) is 0 Å². The van der Waals surface area contributed by atoms with E-state index in [0.717, 1.165) is 21.1 Å². The van der Waals surface area contributed by atoms with Crippen LogP contribution in [-0.2, 0) is 11.3 Å². The number of anilines is 1. The van der Waals surface area contributed by atoms with Crippen molar-refractivity contribution in [3.63, 3.8) is 0 Å². The summed E-state index contributed by atoms with van der Waals surface area (Å²) in [7, 11) is 0. The Labute approximate surface area is 147 Å². The third-order valence-corrected chi connectivity index (χ3v) is 3.86. The topological polar surface area (TPSA) is 106 Å². The maximum Gasteiger partial charge on any atom is 0.267 e. The van der Waals surface area contributed by atoms with Crippen molar-refractivity contribution in [3.8, 4) is 11.3 Å². The number of nitrogens with zero attached hydrogens (tertiary/aromatic N) is 4. The van der Waals surface area contributed by atoms with Gasteiger partial charge in [-0.25, -0.2) is 4.68 Å². The molecule has 3 aromatic heterocycles. The van der Waals surface area contributed by atoms with Gasteiger partial charge in [-0.2, -0.15) is 10.2 Å². The number of rotatable bonds is 4. The molecular formula is C18H14N6O2. The van der Waals surface area contributed by atoms with E-state index < -0.39 is 0 Å². The van der Waals surface area contributed by atoms with E-state index in [1.807, 2.05) is 6.07 Å². The van der Waals surface area contributed by atoms with Gasteiger partial charge in [0.15, 0.2) is 0 Å². The summed E-state index contributed by atoms with van der Waals surface area (Å²) >= 11 is 0. The highest BCUT2D eigenvalue weighted by atomic mass is 16.2. The Bertz CT molecular complexity index is 1130. The van der Waals surface area contributed by atoms with Crippen LogP contribution >= 0.6 is 0 Å². The second kappa shape index (κ2) is 6.60. The summed E-state index contributed by atoms with van der Waals surface area (Å²) in [6, 6.07) is 12.0. The van der Waals surface area contributed by atoms with Crippen LogP contribution in [0.1, 0.15) is 0 Å². The maximum atomic E-state index is 12.3. The molecule has 0 radical (unpaired) electrons. The molecule has 0 unspecified atom stereocenters. The standard InChI is InChI=1S/C18H14N6O2/c25-17(21-14-2-1-13-10-20-22-16(13)9-14)11-24-18(26)4-3-15(23-24)12-5-7-19-8-6-12/h1-10H,11H2,(H,20,22)(H,21,25). The molecule has 1 aromatic carbocycles. The Kier molecular flexibility index (Phi) is 3.98. The molecule has 2 N–H and O–H groups in total. The number of amides is 1. The SMILES string of the molecule is O=C(Cn1nc(-c2ccncc2)ccc1=O)Nc1ccc2cn[nH]c2c1. The van der Waals surface area contributed by atoms with Crippen LogP contribution in [0.5, 0.6) is 0 Å². The average molecular weight is 346 g/mol. The first kappa shape index (κ1) is 15.7. The Morgan fingerprint density at radius 1 is 1.12 bits per heavy atom. The van der Waals surface area contributed by atoms with Crippen LogP contribution in [0.3, 0.4) is 0 Å². The zero-order chi connectivity index (χ0) is 17.9. The third kappa shape index (κ3) is 3.20.